The Bertz CT molecular complexity index is 979. The minimum atomic E-state index is -4.04. The van der Waals surface area contributed by atoms with Crippen LogP contribution in [-0.2, 0) is 14.8 Å². The van der Waals surface area contributed by atoms with E-state index >= 15 is 0 Å². The van der Waals surface area contributed by atoms with E-state index in [0.717, 1.165) is 27.1 Å². The van der Waals surface area contributed by atoms with Crippen LogP contribution in [0.5, 0.6) is 0 Å². The molecule has 0 aliphatic carbocycles. The van der Waals surface area contributed by atoms with E-state index in [-0.39, 0.29) is 10.6 Å². The number of carbonyl (C=O) groups is 1. The fourth-order valence-corrected chi connectivity index (χ4v) is 3.95. The maximum absolute atomic E-state index is 12.6. The predicted molar refractivity (Wildman–Crippen MR) is 102 cm³/mol. The zero-order valence-electron chi connectivity index (χ0n) is 15.5. The molecule has 2 aromatic rings. The molecule has 27 heavy (non-hydrogen) atoms. The number of non-ortho nitro benzene ring substituents is 1. The van der Waals surface area contributed by atoms with E-state index in [1.807, 2.05) is 32.9 Å². The summed E-state index contributed by atoms with van der Waals surface area (Å²) in [5.41, 5.74) is 3.13. The molecular formula is C18H21N3O5S. The number of aryl methyl sites for hydroxylation is 3. The Morgan fingerprint density at radius 3 is 2.30 bits per heavy atom. The van der Waals surface area contributed by atoms with E-state index in [1.54, 1.807) is 0 Å². The molecule has 0 unspecified atom stereocenters. The van der Waals surface area contributed by atoms with Crippen molar-refractivity contribution in [3.63, 3.8) is 0 Å². The fourth-order valence-electron chi connectivity index (χ4n) is 2.78. The monoisotopic (exact) mass is 391 g/mol. The van der Waals surface area contributed by atoms with E-state index in [0.29, 0.717) is 5.69 Å². The molecule has 0 aliphatic rings. The number of benzene rings is 2. The molecule has 1 amide bonds. The fraction of sp³-hybridized carbons (Fsp3) is 0.278. The van der Waals surface area contributed by atoms with Crippen LogP contribution in [0.2, 0.25) is 0 Å². The van der Waals surface area contributed by atoms with Gasteiger partial charge in [-0.15, -0.1) is 0 Å². The van der Waals surface area contributed by atoms with Gasteiger partial charge in [-0.3, -0.25) is 14.9 Å². The van der Waals surface area contributed by atoms with Crippen LogP contribution in [0.4, 0.5) is 11.4 Å². The molecule has 0 saturated heterocycles. The Hall–Kier alpha value is -2.78. The van der Waals surface area contributed by atoms with Gasteiger partial charge < -0.3 is 5.32 Å². The van der Waals surface area contributed by atoms with Crippen molar-refractivity contribution >= 4 is 27.3 Å². The molecule has 0 aromatic heterocycles. The molecule has 0 fully saturated rings. The molecule has 0 aliphatic heterocycles. The highest BCUT2D eigenvalue weighted by Crippen LogP contribution is 2.23. The maximum Gasteiger partial charge on any atom is 0.270 e. The van der Waals surface area contributed by atoms with Gasteiger partial charge in [-0.25, -0.2) is 8.42 Å². The van der Waals surface area contributed by atoms with Gasteiger partial charge >= 0.3 is 0 Å². The van der Waals surface area contributed by atoms with Gasteiger partial charge in [-0.2, -0.15) is 4.31 Å². The van der Waals surface area contributed by atoms with Gasteiger partial charge in [0.2, 0.25) is 15.9 Å². The van der Waals surface area contributed by atoms with Crippen molar-refractivity contribution in [2.24, 2.45) is 0 Å². The van der Waals surface area contributed by atoms with Crippen molar-refractivity contribution in [3.8, 4) is 0 Å². The SMILES string of the molecule is Cc1cc(C)c(NC(=O)CN(C)S(=O)(=O)c2cccc([N+](=O)[O-])c2)c(C)c1. The van der Waals surface area contributed by atoms with E-state index in [9.17, 15) is 23.3 Å². The van der Waals surface area contributed by atoms with Crippen molar-refractivity contribution in [3.05, 3.63) is 63.2 Å². The van der Waals surface area contributed by atoms with Gasteiger partial charge in [0.1, 0.15) is 0 Å². The Kier molecular flexibility index (Phi) is 5.97. The molecule has 0 radical (unpaired) electrons. The summed E-state index contributed by atoms with van der Waals surface area (Å²) >= 11 is 0. The standard InChI is InChI=1S/C18H21N3O5S/c1-12-8-13(2)18(14(3)9-12)19-17(22)11-20(4)27(25,26)16-7-5-6-15(10-16)21(23)24/h5-10H,11H2,1-4H3,(H,19,22). The average Bonchev–Trinajstić information content (AvgIpc) is 2.58. The second-order valence-electron chi connectivity index (χ2n) is 6.34. The van der Waals surface area contributed by atoms with Gasteiger partial charge in [0, 0.05) is 24.9 Å². The summed E-state index contributed by atoms with van der Waals surface area (Å²) in [5.74, 6) is -0.499. The average molecular weight is 391 g/mol. The molecule has 0 atom stereocenters. The number of anilines is 1. The van der Waals surface area contributed by atoms with Crippen LogP contribution >= 0.6 is 0 Å². The van der Waals surface area contributed by atoms with Crippen LogP contribution in [0.3, 0.4) is 0 Å². The zero-order chi connectivity index (χ0) is 20.4. The normalized spacial score (nSPS) is 11.4. The summed E-state index contributed by atoms with van der Waals surface area (Å²) < 4.78 is 26.1. The Balaban J connectivity index is 2.18. The molecule has 0 bridgehead atoms. The van der Waals surface area contributed by atoms with E-state index in [2.05, 4.69) is 5.32 Å². The van der Waals surface area contributed by atoms with Crippen LogP contribution in [0, 0.1) is 30.9 Å². The van der Waals surface area contributed by atoms with E-state index in [4.69, 9.17) is 0 Å². The second kappa shape index (κ2) is 7.85. The quantitative estimate of drug-likeness (QED) is 0.601. The minimum Gasteiger partial charge on any atom is -0.324 e. The highest BCUT2D eigenvalue weighted by Gasteiger charge is 2.25. The second-order valence-corrected chi connectivity index (χ2v) is 8.38. The third kappa shape index (κ3) is 4.69. The van der Waals surface area contributed by atoms with Gasteiger partial charge in [0.25, 0.3) is 5.69 Å². The number of sulfonamides is 1. The largest absolute Gasteiger partial charge is 0.324 e. The highest BCUT2D eigenvalue weighted by molar-refractivity contribution is 7.89. The van der Waals surface area contributed by atoms with Crippen LogP contribution in [-0.4, -0.2) is 37.1 Å². The molecule has 144 valence electrons. The highest BCUT2D eigenvalue weighted by atomic mass is 32.2. The number of nitro groups is 1. The first-order chi connectivity index (χ1) is 12.5. The lowest BCUT2D eigenvalue weighted by Crippen LogP contribution is -2.35. The summed E-state index contributed by atoms with van der Waals surface area (Å²) in [4.78, 5) is 22.3. The lowest BCUT2D eigenvalue weighted by molar-refractivity contribution is -0.385. The Morgan fingerprint density at radius 2 is 1.74 bits per heavy atom. The third-order valence-corrected chi connectivity index (χ3v) is 5.84. The molecule has 1 N–H and O–H groups in total. The summed E-state index contributed by atoms with van der Waals surface area (Å²) in [7, 11) is -2.79. The minimum absolute atomic E-state index is 0.241. The third-order valence-electron chi connectivity index (χ3n) is 4.04. The van der Waals surface area contributed by atoms with Crippen LogP contribution in [0.15, 0.2) is 41.3 Å². The number of nitrogens with one attached hydrogen (secondary N) is 1. The molecule has 2 aromatic carbocycles. The molecule has 0 heterocycles. The predicted octanol–water partition coefficient (Wildman–Crippen LogP) is 2.78. The topological polar surface area (TPSA) is 110 Å². The summed E-state index contributed by atoms with van der Waals surface area (Å²) in [6.45, 7) is 5.25. The molecule has 8 nitrogen and oxygen atoms in total. The molecule has 9 heteroatoms. The number of rotatable bonds is 6. The molecule has 0 spiro atoms. The number of amides is 1. The van der Waals surface area contributed by atoms with Gasteiger partial charge in [-0.1, -0.05) is 23.8 Å². The van der Waals surface area contributed by atoms with Crippen molar-refractivity contribution in [1.29, 1.82) is 0 Å². The number of nitro benzene ring substituents is 1. The van der Waals surface area contributed by atoms with E-state index in [1.165, 1.54) is 25.2 Å². The molecular weight excluding hydrogens is 370 g/mol. The zero-order valence-corrected chi connectivity index (χ0v) is 16.3. The van der Waals surface area contributed by atoms with Crippen molar-refractivity contribution in [2.75, 3.05) is 18.9 Å². The van der Waals surface area contributed by atoms with Crippen LogP contribution in [0.1, 0.15) is 16.7 Å². The first-order valence-electron chi connectivity index (χ1n) is 8.11. The summed E-state index contributed by atoms with van der Waals surface area (Å²) in [5, 5.41) is 13.6. The van der Waals surface area contributed by atoms with Gasteiger partial charge in [-0.05, 0) is 38.0 Å². The van der Waals surface area contributed by atoms with Gasteiger partial charge in [0.05, 0.1) is 16.4 Å². The lowest BCUT2D eigenvalue weighted by atomic mass is 10.1. The Labute approximate surface area is 158 Å². The van der Waals surface area contributed by atoms with Crippen molar-refractivity contribution < 1.29 is 18.1 Å². The first kappa shape index (κ1) is 20.5. The number of hydrogen-bond donors (Lipinski definition) is 1. The van der Waals surface area contributed by atoms with Crippen molar-refractivity contribution in [1.82, 2.24) is 4.31 Å². The van der Waals surface area contributed by atoms with E-state index < -0.39 is 27.4 Å². The number of hydrogen-bond acceptors (Lipinski definition) is 5. The number of carbonyl (C=O) groups excluding carboxylic acids is 1. The van der Waals surface area contributed by atoms with Crippen molar-refractivity contribution in [2.45, 2.75) is 25.7 Å². The summed E-state index contributed by atoms with van der Waals surface area (Å²) in [6, 6.07) is 8.56. The molecule has 0 saturated carbocycles. The number of likely N-dealkylation sites (N-methyl/N-ethyl adjacent to an activating group) is 1. The summed E-state index contributed by atoms with van der Waals surface area (Å²) in [6.07, 6.45) is 0. The number of nitrogens with zero attached hydrogens (tertiary/aromatic N) is 2. The Morgan fingerprint density at radius 1 is 1.15 bits per heavy atom. The van der Waals surface area contributed by atoms with Crippen LogP contribution in [0.25, 0.3) is 0 Å². The maximum atomic E-state index is 12.6. The first-order valence-corrected chi connectivity index (χ1v) is 9.55. The van der Waals surface area contributed by atoms with Gasteiger partial charge in [0.15, 0.2) is 0 Å². The smallest absolute Gasteiger partial charge is 0.270 e. The molecule has 2 rings (SSSR count). The van der Waals surface area contributed by atoms with Crippen LogP contribution < -0.4 is 5.32 Å². The lowest BCUT2D eigenvalue weighted by Gasteiger charge is -2.18.